The van der Waals surface area contributed by atoms with E-state index in [1.807, 2.05) is 18.2 Å². The number of hydrogen-bond acceptors (Lipinski definition) is 4. The average Bonchev–Trinajstić information content (AvgIpc) is 3.11. The highest BCUT2D eigenvalue weighted by Crippen LogP contribution is 2.25. The molecule has 5 heteroatoms. The van der Waals surface area contributed by atoms with Gasteiger partial charge >= 0.3 is 0 Å². The van der Waals surface area contributed by atoms with Crippen LogP contribution < -0.4 is 5.32 Å². The van der Waals surface area contributed by atoms with Crippen LogP contribution in [0.3, 0.4) is 0 Å². The predicted molar refractivity (Wildman–Crippen MR) is 78.0 cm³/mol. The van der Waals surface area contributed by atoms with E-state index in [2.05, 4.69) is 10.3 Å². The molecular formula is C15H14N2O2S. The van der Waals surface area contributed by atoms with Crippen LogP contribution in [0.15, 0.2) is 29.6 Å². The second-order valence-electron chi connectivity index (χ2n) is 4.92. The van der Waals surface area contributed by atoms with E-state index in [9.17, 15) is 9.59 Å². The van der Waals surface area contributed by atoms with Crippen molar-refractivity contribution >= 4 is 23.0 Å². The van der Waals surface area contributed by atoms with Gasteiger partial charge in [0.25, 0.3) is 5.91 Å². The zero-order valence-corrected chi connectivity index (χ0v) is 11.9. The third-order valence-electron chi connectivity index (χ3n) is 3.17. The lowest BCUT2D eigenvalue weighted by Gasteiger charge is -2.00. The molecule has 2 aromatic rings. The summed E-state index contributed by atoms with van der Waals surface area (Å²) in [7, 11) is 0. The number of carbonyl (C=O) groups excluding carboxylic acids is 2. The van der Waals surface area contributed by atoms with E-state index in [1.165, 1.54) is 18.3 Å². The van der Waals surface area contributed by atoms with Gasteiger partial charge < -0.3 is 5.32 Å². The first kappa shape index (κ1) is 13.0. The fourth-order valence-corrected chi connectivity index (χ4v) is 2.67. The van der Waals surface area contributed by atoms with Gasteiger partial charge in [-0.1, -0.05) is 18.2 Å². The minimum Gasteiger partial charge on any atom is -0.348 e. The normalized spacial score (nSPS) is 14.1. The number of carbonyl (C=O) groups is 2. The summed E-state index contributed by atoms with van der Waals surface area (Å²) in [4.78, 5) is 27.6. The van der Waals surface area contributed by atoms with Gasteiger partial charge in [0.2, 0.25) is 0 Å². The summed E-state index contributed by atoms with van der Waals surface area (Å²) in [6.45, 7) is 1.54. The van der Waals surface area contributed by atoms with Crippen molar-refractivity contribution in [3.05, 3.63) is 40.9 Å². The van der Waals surface area contributed by atoms with E-state index in [1.54, 1.807) is 11.4 Å². The summed E-state index contributed by atoms with van der Waals surface area (Å²) in [5.41, 5.74) is 1.97. The molecule has 1 saturated carbocycles. The number of hydrogen-bond donors (Lipinski definition) is 1. The number of nitrogens with zero attached hydrogens (tertiary/aromatic N) is 1. The van der Waals surface area contributed by atoms with Crippen molar-refractivity contribution in [3.63, 3.8) is 0 Å². The highest BCUT2D eigenvalue weighted by molar-refractivity contribution is 7.13. The van der Waals surface area contributed by atoms with Crippen LogP contribution in [0.2, 0.25) is 0 Å². The Morgan fingerprint density at radius 3 is 2.85 bits per heavy atom. The van der Waals surface area contributed by atoms with E-state index in [0.29, 0.717) is 17.3 Å². The first-order chi connectivity index (χ1) is 9.63. The highest BCUT2D eigenvalue weighted by atomic mass is 32.1. The van der Waals surface area contributed by atoms with Crippen molar-refractivity contribution in [1.82, 2.24) is 10.3 Å². The van der Waals surface area contributed by atoms with Crippen LogP contribution >= 0.6 is 11.3 Å². The average molecular weight is 286 g/mol. The molecule has 0 aliphatic heterocycles. The molecule has 0 unspecified atom stereocenters. The maximum absolute atomic E-state index is 11.9. The topological polar surface area (TPSA) is 59.1 Å². The van der Waals surface area contributed by atoms with Crippen molar-refractivity contribution in [2.75, 3.05) is 0 Å². The van der Waals surface area contributed by atoms with Crippen LogP contribution in [0.4, 0.5) is 0 Å². The fraction of sp³-hybridized carbons (Fsp3) is 0.267. The Labute approximate surface area is 120 Å². The van der Waals surface area contributed by atoms with Gasteiger partial charge in [-0.05, 0) is 25.8 Å². The first-order valence-corrected chi connectivity index (χ1v) is 7.39. The smallest absolute Gasteiger partial charge is 0.270 e. The van der Waals surface area contributed by atoms with Gasteiger partial charge in [-0.25, -0.2) is 4.98 Å². The monoisotopic (exact) mass is 286 g/mol. The van der Waals surface area contributed by atoms with E-state index < -0.39 is 0 Å². The fourth-order valence-electron chi connectivity index (χ4n) is 1.87. The molecule has 0 spiro atoms. The molecule has 0 saturated heterocycles. The largest absolute Gasteiger partial charge is 0.348 e. The van der Waals surface area contributed by atoms with Gasteiger partial charge in [0.1, 0.15) is 10.7 Å². The van der Waals surface area contributed by atoms with Crippen LogP contribution in [0.1, 0.15) is 40.6 Å². The molecule has 0 bridgehead atoms. The lowest BCUT2D eigenvalue weighted by Crippen LogP contribution is -2.25. The quantitative estimate of drug-likeness (QED) is 0.879. The number of thiazole rings is 1. The number of amides is 1. The minimum atomic E-state index is -0.113. The standard InChI is InChI=1S/C15H14N2O2S/c1-9(18)10-3-2-4-11(7-10)15-17-13(8-20-15)14(19)16-12-5-6-12/h2-4,7-8,12H,5-6H2,1H3,(H,16,19). The Morgan fingerprint density at radius 2 is 2.15 bits per heavy atom. The Hall–Kier alpha value is -2.01. The number of aromatic nitrogens is 1. The van der Waals surface area contributed by atoms with E-state index in [0.717, 1.165) is 23.4 Å². The number of rotatable bonds is 4. The maximum Gasteiger partial charge on any atom is 0.270 e. The van der Waals surface area contributed by atoms with Crippen molar-refractivity contribution in [2.24, 2.45) is 0 Å². The van der Waals surface area contributed by atoms with Crippen LogP contribution in [0.25, 0.3) is 10.6 Å². The van der Waals surface area contributed by atoms with Gasteiger partial charge in [-0.15, -0.1) is 11.3 Å². The summed E-state index contributed by atoms with van der Waals surface area (Å²) in [6.07, 6.45) is 2.12. The van der Waals surface area contributed by atoms with Crippen LogP contribution in [-0.2, 0) is 0 Å². The number of nitrogens with one attached hydrogen (secondary N) is 1. The van der Waals surface area contributed by atoms with Crippen molar-refractivity contribution < 1.29 is 9.59 Å². The van der Waals surface area contributed by atoms with Gasteiger partial charge in [-0.2, -0.15) is 0 Å². The summed E-state index contributed by atoms with van der Waals surface area (Å²) in [5.74, 6) is -0.0900. The molecular weight excluding hydrogens is 272 g/mol. The highest BCUT2D eigenvalue weighted by Gasteiger charge is 2.24. The molecule has 3 rings (SSSR count). The zero-order valence-electron chi connectivity index (χ0n) is 11.1. The third-order valence-corrected chi connectivity index (χ3v) is 4.06. The molecule has 4 nitrogen and oxygen atoms in total. The van der Waals surface area contributed by atoms with E-state index >= 15 is 0 Å². The van der Waals surface area contributed by atoms with E-state index in [4.69, 9.17) is 0 Å². The lowest BCUT2D eigenvalue weighted by atomic mass is 10.1. The second-order valence-corrected chi connectivity index (χ2v) is 5.78. The molecule has 102 valence electrons. The van der Waals surface area contributed by atoms with Gasteiger partial charge in [0, 0.05) is 22.5 Å². The minimum absolute atomic E-state index is 0.0232. The summed E-state index contributed by atoms with van der Waals surface area (Å²) < 4.78 is 0. The predicted octanol–water partition coefficient (Wildman–Crippen LogP) is 2.90. The van der Waals surface area contributed by atoms with Gasteiger partial charge in [0.05, 0.1) is 0 Å². The third kappa shape index (κ3) is 2.77. The van der Waals surface area contributed by atoms with Crippen LogP contribution in [0.5, 0.6) is 0 Å². The summed E-state index contributed by atoms with van der Waals surface area (Å²) >= 11 is 1.42. The SMILES string of the molecule is CC(=O)c1cccc(-c2nc(C(=O)NC3CC3)cs2)c1. The molecule has 1 heterocycles. The van der Waals surface area contributed by atoms with Gasteiger partial charge in [0.15, 0.2) is 5.78 Å². The van der Waals surface area contributed by atoms with Crippen LogP contribution in [0, 0.1) is 0 Å². The molecule has 1 aliphatic rings. The van der Waals surface area contributed by atoms with Crippen molar-refractivity contribution in [2.45, 2.75) is 25.8 Å². The molecule has 1 N–H and O–H groups in total. The van der Waals surface area contributed by atoms with E-state index in [-0.39, 0.29) is 11.7 Å². The Kier molecular flexibility index (Phi) is 3.36. The Balaban J connectivity index is 1.83. The first-order valence-electron chi connectivity index (χ1n) is 6.51. The van der Waals surface area contributed by atoms with Crippen molar-refractivity contribution in [3.8, 4) is 10.6 Å². The molecule has 1 aromatic heterocycles. The molecule has 1 aromatic carbocycles. The lowest BCUT2D eigenvalue weighted by molar-refractivity contribution is 0.0946. The van der Waals surface area contributed by atoms with Gasteiger partial charge in [-0.3, -0.25) is 9.59 Å². The Bertz CT molecular complexity index is 674. The summed E-state index contributed by atoms with van der Waals surface area (Å²) in [5, 5.41) is 5.43. The summed E-state index contributed by atoms with van der Waals surface area (Å²) in [6, 6.07) is 7.64. The number of ketones is 1. The Morgan fingerprint density at radius 1 is 1.35 bits per heavy atom. The molecule has 20 heavy (non-hydrogen) atoms. The molecule has 1 amide bonds. The molecule has 0 radical (unpaired) electrons. The molecule has 0 atom stereocenters. The zero-order chi connectivity index (χ0) is 14.1. The maximum atomic E-state index is 11.9. The number of benzene rings is 1. The van der Waals surface area contributed by atoms with Crippen LogP contribution in [-0.4, -0.2) is 22.7 Å². The molecule has 1 aliphatic carbocycles. The van der Waals surface area contributed by atoms with Crippen molar-refractivity contribution in [1.29, 1.82) is 0 Å². The second kappa shape index (κ2) is 5.17. The molecule has 1 fully saturated rings. The number of Topliss-reactive ketones (excluding diaryl/α,β-unsaturated/α-hetero) is 1.